The zero-order valence-electron chi connectivity index (χ0n) is 13.8. The zero-order chi connectivity index (χ0) is 25.6. The molecule has 0 unspecified atom stereocenters. The quantitative estimate of drug-likeness (QED) is 0.433. The van der Waals surface area contributed by atoms with E-state index in [-0.39, 0.29) is 0 Å². The molecule has 0 fully saturated rings. The average Bonchev–Trinajstić information content (AvgIpc) is 2.42. The number of alkyl halides is 17. The lowest BCUT2D eigenvalue weighted by atomic mass is 9.82. The van der Waals surface area contributed by atoms with Crippen molar-refractivity contribution in [2.75, 3.05) is 0 Å². The number of hydrogen-bond acceptors (Lipinski definition) is 1. The van der Waals surface area contributed by atoms with Gasteiger partial charge in [0.05, 0.1) is 0 Å². The Hall–Kier alpha value is -1.66. The van der Waals surface area contributed by atoms with Gasteiger partial charge >= 0.3 is 41.7 Å². The molecule has 0 aliphatic heterocycles. The van der Waals surface area contributed by atoms with Crippen molar-refractivity contribution in [2.24, 2.45) is 0 Å². The molecule has 0 saturated heterocycles. The van der Waals surface area contributed by atoms with Gasteiger partial charge < -0.3 is 5.11 Å². The minimum Gasteiger partial charge on any atom is -0.481 e. The summed E-state index contributed by atoms with van der Waals surface area (Å²) in [5, 5.41) is 7.42. The highest BCUT2D eigenvalue weighted by atomic mass is 19.4. The van der Waals surface area contributed by atoms with Crippen LogP contribution in [0.25, 0.3) is 0 Å². The molecule has 0 bridgehead atoms. The minimum atomic E-state index is -8.56. The van der Waals surface area contributed by atoms with Gasteiger partial charge in [-0.05, 0) is 0 Å². The van der Waals surface area contributed by atoms with Gasteiger partial charge in [-0.3, -0.25) is 4.79 Å². The Balaban J connectivity index is 0. The summed E-state index contributed by atoms with van der Waals surface area (Å²) in [6.45, 7) is 1.08. The predicted octanol–water partition coefficient (Wildman–Crippen LogP) is 4.68. The van der Waals surface area contributed by atoms with Crippen LogP contribution in [0.5, 0.6) is 0 Å². The first-order valence-corrected chi connectivity index (χ1v) is 6.39. The van der Waals surface area contributed by atoms with Crippen LogP contribution in [-0.4, -0.2) is 66.5 Å². The standard InChI is InChI=1S/C8H2BF17.C2H4O2/c9-7(22,23)5(18,19)3(14,15)1(10,11)2(12,13)4(16,17)6(20,21)8(24,25)26;1-2(3)4/h9H2;1H3,(H,3,4). The molecule has 0 aromatic carbocycles. The molecule has 1 N–H and O–H groups in total. The Morgan fingerprint density at radius 2 is 0.700 bits per heavy atom. The van der Waals surface area contributed by atoms with Gasteiger partial charge in [0.15, 0.2) is 0 Å². The van der Waals surface area contributed by atoms with Gasteiger partial charge in [-0.15, -0.1) is 0 Å². The van der Waals surface area contributed by atoms with Crippen molar-refractivity contribution >= 4 is 13.8 Å². The van der Waals surface area contributed by atoms with E-state index in [0.29, 0.717) is 0 Å². The molecule has 20 heteroatoms. The maximum atomic E-state index is 12.9. The molecule has 0 saturated carbocycles. The van der Waals surface area contributed by atoms with Crippen LogP contribution in [0.4, 0.5) is 74.6 Å². The van der Waals surface area contributed by atoms with Crippen LogP contribution in [0.3, 0.4) is 0 Å². The molecule has 180 valence electrons. The summed E-state index contributed by atoms with van der Waals surface area (Å²) >= 11 is 0. The molecule has 30 heavy (non-hydrogen) atoms. The molecular weight excluding hydrogens is 486 g/mol. The molecule has 0 aromatic rings. The summed E-state index contributed by atoms with van der Waals surface area (Å²) in [6, 6.07) is 0. The summed E-state index contributed by atoms with van der Waals surface area (Å²) in [6.07, 6.45) is -7.73. The Labute approximate surface area is 154 Å². The fraction of sp³-hybridized carbons (Fsp3) is 0.900. The molecule has 2 nitrogen and oxygen atoms in total. The summed E-state index contributed by atoms with van der Waals surface area (Å²) in [4.78, 5) is 9.00. The van der Waals surface area contributed by atoms with Crippen molar-refractivity contribution in [3.63, 3.8) is 0 Å². The SMILES string of the molecule is BC(F)(F)C(F)(F)C(F)(F)C(F)(F)C(F)(F)C(F)(F)C(F)(F)C(F)(F)F.CC(=O)O. The van der Waals surface area contributed by atoms with Crippen molar-refractivity contribution in [3.05, 3.63) is 0 Å². The first-order valence-electron chi connectivity index (χ1n) is 6.39. The molecule has 0 aliphatic carbocycles. The second-order valence-corrected chi connectivity index (χ2v) is 5.35. The first-order chi connectivity index (χ1) is 12.5. The lowest BCUT2D eigenvalue weighted by Crippen LogP contribution is -2.74. The van der Waals surface area contributed by atoms with Crippen LogP contribution < -0.4 is 0 Å². The average molecular weight is 492 g/mol. The van der Waals surface area contributed by atoms with Gasteiger partial charge in [-0.1, -0.05) is 0 Å². The summed E-state index contributed by atoms with van der Waals surface area (Å²) in [5.41, 5.74) is 0. The molecule has 0 heterocycles. The minimum absolute atomic E-state index is 0.833. The number of carboxylic acids is 1. The molecule has 0 rings (SSSR count). The molecule has 0 radical (unpaired) electrons. The summed E-state index contributed by atoms with van der Waals surface area (Å²) in [5.74, 6) is -56.5. The lowest BCUT2D eigenvalue weighted by molar-refractivity contribution is -0.458. The van der Waals surface area contributed by atoms with Gasteiger partial charge in [-0.25, -0.2) is 8.78 Å². The summed E-state index contributed by atoms with van der Waals surface area (Å²) in [7, 11) is -1.25. The first kappa shape index (κ1) is 30.5. The van der Waals surface area contributed by atoms with E-state index in [1.807, 2.05) is 0 Å². The van der Waals surface area contributed by atoms with E-state index in [9.17, 15) is 74.6 Å². The fourth-order valence-corrected chi connectivity index (χ4v) is 1.24. The van der Waals surface area contributed by atoms with E-state index in [0.717, 1.165) is 6.92 Å². The maximum Gasteiger partial charge on any atom is 0.460 e. The number of halogens is 17. The third-order valence-corrected chi connectivity index (χ3v) is 2.88. The highest BCUT2D eigenvalue weighted by molar-refractivity contribution is 6.14. The van der Waals surface area contributed by atoms with E-state index >= 15 is 0 Å². The van der Waals surface area contributed by atoms with Gasteiger partial charge in [0.25, 0.3) is 11.8 Å². The third kappa shape index (κ3) is 4.50. The molecule has 0 amide bonds. The zero-order valence-corrected chi connectivity index (χ0v) is 13.8. The van der Waals surface area contributed by atoms with Crippen molar-refractivity contribution < 1.29 is 84.5 Å². The van der Waals surface area contributed by atoms with Crippen LogP contribution in [0, 0.1) is 0 Å². The van der Waals surface area contributed by atoms with E-state index in [2.05, 4.69) is 0 Å². The molecule has 0 aliphatic rings. The Kier molecular flexibility index (Phi) is 7.93. The Bertz CT molecular complexity index is 565. The third-order valence-electron chi connectivity index (χ3n) is 2.88. The van der Waals surface area contributed by atoms with Crippen molar-refractivity contribution in [2.45, 2.75) is 54.5 Å². The van der Waals surface area contributed by atoms with Crippen LogP contribution in [0.1, 0.15) is 6.92 Å². The predicted molar refractivity (Wildman–Crippen MR) is 62.5 cm³/mol. The van der Waals surface area contributed by atoms with Gasteiger partial charge in [-0.2, -0.15) is 65.9 Å². The molecule has 0 atom stereocenters. The Morgan fingerprint density at radius 1 is 0.533 bits per heavy atom. The van der Waals surface area contributed by atoms with Gasteiger partial charge in [0.2, 0.25) is 7.85 Å². The van der Waals surface area contributed by atoms with E-state index in [1.165, 1.54) is 0 Å². The van der Waals surface area contributed by atoms with Crippen molar-refractivity contribution in [3.8, 4) is 0 Å². The number of hydrogen-bond donors (Lipinski definition) is 1. The van der Waals surface area contributed by atoms with Crippen LogP contribution >= 0.6 is 0 Å². The van der Waals surface area contributed by atoms with Gasteiger partial charge in [0, 0.05) is 6.92 Å². The van der Waals surface area contributed by atoms with E-state index in [4.69, 9.17) is 9.90 Å². The van der Waals surface area contributed by atoms with E-state index < -0.39 is 61.3 Å². The fourth-order valence-electron chi connectivity index (χ4n) is 1.24. The van der Waals surface area contributed by atoms with E-state index in [1.54, 1.807) is 0 Å². The maximum absolute atomic E-state index is 12.9. The Morgan fingerprint density at radius 3 is 0.867 bits per heavy atom. The second-order valence-electron chi connectivity index (χ2n) is 5.35. The number of aliphatic carboxylic acids is 1. The van der Waals surface area contributed by atoms with Crippen LogP contribution in [-0.2, 0) is 4.79 Å². The molecule has 0 spiro atoms. The topological polar surface area (TPSA) is 37.3 Å². The number of rotatable bonds is 6. The largest absolute Gasteiger partial charge is 0.481 e. The van der Waals surface area contributed by atoms with Gasteiger partial charge in [0.1, 0.15) is 0 Å². The molecular formula is C10H6BF17O2. The lowest BCUT2D eigenvalue weighted by Gasteiger charge is -2.42. The highest BCUT2D eigenvalue weighted by Crippen LogP contribution is 2.63. The molecule has 0 aromatic heterocycles. The van der Waals surface area contributed by atoms with Crippen LogP contribution in [0.2, 0.25) is 0 Å². The van der Waals surface area contributed by atoms with Crippen molar-refractivity contribution in [1.82, 2.24) is 0 Å². The summed E-state index contributed by atoms with van der Waals surface area (Å²) < 4.78 is 213. The monoisotopic (exact) mass is 492 g/mol. The highest BCUT2D eigenvalue weighted by Gasteiger charge is 2.94. The smallest absolute Gasteiger partial charge is 0.460 e. The van der Waals surface area contributed by atoms with Crippen molar-refractivity contribution in [1.29, 1.82) is 0 Å². The van der Waals surface area contributed by atoms with Crippen LogP contribution in [0.15, 0.2) is 0 Å². The second kappa shape index (κ2) is 7.79. The number of carboxylic acid groups (broad SMARTS) is 1. The number of carbonyl (C=O) groups is 1. The normalized spacial score (nSPS) is 15.4.